The molecule has 100 valence electrons. The van der Waals surface area contributed by atoms with Crippen LogP contribution in [0.3, 0.4) is 0 Å². The van der Waals surface area contributed by atoms with Gasteiger partial charge in [-0.25, -0.2) is 0 Å². The molecule has 0 aliphatic carbocycles. The summed E-state index contributed by atoms with van der Waals surface area (Å²) in [6, 6.07) is 1.58. The topological polar surface area (TPSA) is 18.5 Å². The van der Waals surface area contributed by atoms with E-state index in [9.17, 15) is 0 Å². The summed E-state index contributed by atoms with van der Waals surface area (Å²) in [5.41, 5.74) is 0. The fourth-order valence-electron chi connectivity index (χ4n) is 3.16. The first-order chi connectivity index (χ1) is 8.25. The van der Waals surface area contributed by atoms with Gasteiger partial charge in [0.05, 0.1) is 0 Å². The van der Waals surface area contributed by atoms with Crippen LogP contribution in [0.5, 0.6) is 0 Å². The molecule has 0 spiro atoms. The lowest BCUT2D eigenvalue weighted by Gasteiger charge is -2.37. The third-order valence-corrected chi connectivity index (χ3v) is 4.42. The molecule has 0 aromatic rings. The Morgan fingerprint density at radius 2 is 2.06 bits per heavy atom. The van der Waals surface area contributed by atoms with E-state index in [1.165, 1.54) is 64.7 Å². The molecule has 2 aliphatic rings. The molecule has 0 aromatic carbocycles. The predicted octanol–water partition coefficient (Wildman–Crippen LogP) is 1.54. The Kier molecular flexibility index (Phi) is 5.26. The normalized spacial score (nSPS) is 31.9. The fraction of sp³-hybridized carbons (Fsp3) is 1.00. The van der Waals surface area contributed by atoms with Gasteiger partial charge >= 0.3 is 0 Å². The molecule has 0 saturated carbocycles. The Morgan fingerprint density at radius 1 is 1.18 bits per heavy atom. The second-order valence-corrected chi connectivity index (χ2v) is 6.00. The van der Waals surface area contributed by atoms with Gasteiger partial charge in [-0.05, 0) is 65.8 Å². The van der Waals surface area contributed by atoms with Gasteiger partial charge in [0.15, 0.2) is 0 Å². The van der Waals surface area contributed by atoms with Crippen molar-refractivity contribution in [2.75, 3.05) is 40.3 Å². The quantitative estimate of drug-likeness (QED) is 0.803. The molecule has 0 bridgehead atoms. The van der Waals surface area contributed by atoms with Gasteiger partial charge in [-0.15, -0.1) is 0 Å². The monoisotopic (exact) mass is 239 g/mol. The van der Waals surface area contributed by atoms with Gasteiger partial charge in [-0.3, -0.25) is 0 Å². The summed E-state index contributed by atoms with van der Waals surface area (Å²) in [7, 11) is 4.44. The molecular formula is C14H29N3. The summed E-state index contributed by atoms with van der Waals surface area (Å²) in [4.78, 5) is 5.06. The van der Waals surface area contributed by atoms with Gasteiger partial charge in [0, 0.05) is 18.6 Å². The van der Waals surface area contributed by atoms with Gasteiger partial charge < -0.3 is 15.1 Å². The second kappa shape index (κ2) is 6.72. The van der Waals surface area contributed by atoms with Gasteiger partial charge in [0.2, 0.25) is 0 Å². The molecule has 2 fully saturated rings. The Balaban J connectivity index is 1.67. The molecule has 0 amide bonds. The number of nitrogens with one attached hydrogen (secondary N) is 1. The zero-order valence-corrected chi connectivity index (χ0v) is 11.6. The van der Waals surface area contributed by atoms with E-state index in [0.29, 0.717) is 0 Å². The van der Waals surface area contributed by atoms with Crippen LogP contribution in [0.2, 0.25) is 0 Å². The molecule has 0 aromatic heterocycles. The molecule has 2 rings (SSSR count). The first-order valence-electron chi connectivity index (χ1n) is 7.38. The average molecular weight is 239 g/mol. The third-order valence-electron chi connectivity index (χ3n) is 4.42. The number of hydrogen-bond acceptors (Lipinski definition) is 3. The Morgan fingerprint density at radius 3 is 2.76 bits per heavy atom. The maximum atomic E-state index is 3.66. The highest BCUT2D eigenvalue weighted by atomic mass is 15.2. The molecular weight excluding hydrogens is 210 g/mol. The summed E-state index contributed by atoms with van der Waals surface area (Å²) in [6.45, 7) is 5.13. The predicted molar refractivity (Wildman–Crippen MR) is 73.4 cm³/mol. The number of likely N-dealkylation sites (N-methyl/N-ethyl adjacent to an activating group) is 1. The number of nitrogens with zero attached hydrogens (tertiary/aromatic N) is 2. The van der Waals surface area contributed by atoms with Gasteiger partial charge in [-0.2, -0.15) is 0 Å². The van der Waals surface area contributed by atoms with Crippen LogP contribution in [0.1, 0.15) is 38.5 Å². The standard InChI is InChI=1S/C14H29N3/c1-16(2)14-7-5-10-17(12-14)11-8-13-6-3-4-9-15-13/h13-15H,3-12H2,1-2H3. The number of likely N-dealkylation sites (tertiary alicyclic amines) is 1. The lowest BCUT2D eigenvalue weighted by atomic mass is 10.0. The van der Waals surface area contributed by atoms with E-state index in [2.05, 4.69) is 29.2 Å². The number of rotatable bonds is 4. The van der Waals surface area contributed by atoms with Crippen molar-refractivity contribution in [3.05, 3.63) is 0 Å². The zero-order chi connectivity index (χ0) is 12.1. The highest BCUT2D eigenvalue weighted by molar-refractivity contribution is 4.80. The van der Waals surface area contributed by atoms with Crippen molar-refractivity contribution in [1.82, 2.24) is 15.1 Å². The molecule has 2 saturated heterocycles. The minimum Gasteiger partial charge on any atom is -0.314 e. The lowest BCUT2D eigenvalue weighted by molar-refractivity contribution is 0.127. The first-order valence-corrected chi connectivity index (χ1v) is 7.38. The van der Waals surface area contributed by atoms with Crippen LogP contribution < -0.4 is 5.32 Å². The number of hydrogen-bond donors (Lipinski definition) is 1. The van der Waals surface area contributed by atoms with E-state index >= 15 is 0 Å². The maximum Gasteiger partial charge on any atom is 0.0217 e. The van der Waals surface area contributed by atoms with E-state index in [1.807, 2.05) is 0 Å². The first kappa shape index (κ1) is 13.3. The average Bonchev–Trinajstić information content (AvgIpc) is 2.38. The van der Waals surface area contributed by atoms with E-state index in [0.717, 1.165) is 12.1 Å². The minimum atomic E-state index is 0.781. The van der Waals surface area contributed by atoms with Crippen LogP contribution in [-0.4, -0.2) is 62.2 Å². The molecule has 3 nitrogen and oxygen atoms in total. The Hall–Kier alpha value is -0.120. The van der Waals surface area contributed by atoms with E-state index in [4.69, 9.17) is 0 Å². The van der Waals surface area contributed by atoms with Crippen LogP contribution in [0.15, 0.2) is 0 Å². The van der Waals surface area contributed by atoms with Crippen molar-refractivity contribution in [3.8, 4) is 0 Å². The van der Waals surface area contributed by atoms with E-state index < -0.39 is 0 Å². The van der Waals surface area contributed by atoms with Crippen molar-refractivity contribution in [3.63, 3.8) is 0 Å². The largest absolute Gasteiger partial charge is 0.314 e. The van der Waals surface area contributed by atoms with Crippen LogP contribution >= 0.6 is 0 Å². The Labute approximate surface area is 107 Å². The van der Waals surface area contributed by atoms with Gasteiger partial charge in [0.1, 0.15) is 0 Å². The summed E-state index contributed by atoms with van der Waals surface area (Å²) < 4.78 is 0. The van der Waals surface area contributed by atoms with Crippen LogP contribution in [0.25, 0.3) is 0 Å². The molecule has 2 aliphatic heterocycles. The van der Waals surface area contributed by atoms with Gasteiger partial charge in [-0.1, -0.05) is 6.42 Å². The van der Waals surface area contributed by atoms with Crippen LogP contribution in [0.4, 0.5) is 0 Å². The third kappa shape index (κ3) is 4.23. The van der Waals surface area contributed by atoms with Crippen molar-refractivity contribution in [2.24, 2.45) is 0 Å². The molecule has 2 unspecified atom stereocenters. The highest BCUT2D eigenvalue weighted by Crippen LogP contribution is 2.16. The van der Waals surface area contributed by atoms with E-state index in [1.54, 1.807) is 0 Å². The van der Waals surface area contributed by atoms with Crippen LogP contribution in [0, 0.1) is 0 Å². The fourth-order valence-corrected chi connectivity index (χ4v) is 3.16. The van der Waals surface area contributed by atoms with Gasteiger partial charge in [0.25, 0.3) is 0 Å². The second-order valence-electron chi connectivity index (χ2n) is 6.00. The van der Waals surface area contributed by atoms with Crippen molar-refractivity contribution in [2.45, 2.75) is 50.6 Å². The smallest absolute Gasteiger partial charge is 0.0217 e. The van der Waals surface area contributed by atoms with Crippen LogP contribution in [-0.2, 0) is 0 Å². The van der Waals surface area contributed by atoms with Crippen molar-refractivity contribution in [1.29, 1.82) is 0 Å². The molecule has 3 heteroatoms. The zero-order valence-electron chi connectivity index (χ0n) is 11.6. The maximum absolute atomic E-state index is 3.66. The molecule has 0 radical (unpaired) electrons. The number of piperidine rings is 2. The summed E-state index contributed by atoms with van der Waals surface area (Å²) >= 11 is 0. The molecule has 1 N–H and O–H groups in total. The van der Waals surface area contributed by atoms with E-state index in [-0.39, 0.29) is 0 Å². The molecule has 2 heterocycles. The molecule has 17 heavy (non-hydrogen) atoms. The summed E-state index contributed by atoms with van der Waals surface area (Å²) in [5, 5.41) is 3.66. The summed E-state index contributed by atoms with van der Waals surface area (Å²) in [5.74, 6) is 0. The lowest BCUT2D eigenvalue weighted by Crippen LogP contribution is -2.46. The molecule has 2 atom stereocenters. The minimum absolute atomic E-state index is 0.781. The van der Waals surface area contributed by atoms with Crippen molar-refractivity contribution >= 4 is 0 Å². The summed E-state index contributed by atoms with van der Waals surface area (Å²) in [6.07, 6.45) is 8.30. The highest BCUT2D eigenvalue weighted by Gasteiger charge is 2.22. The van der Waals surface area contributed by atoms with Crippen molar-refractivity contribution < 1.29 is 0 Å². The SMILES string of the molecule is CN(C)C1CCCN(CCC2CCCCN2)C1. The Bertz CT molecular complexity index is 212.